The summed E-state index contributed by atoms with van der Waals surface area (Å²) >= 11 is 0. The number of halogens is 1. The van der Waals surface area contributed by atoms with Crippen molar-refractivity contribution < 1.29 is 19.1 Å². The highest BCUT2D eigenvalue weighted by atomic mass is 19.1. The van der Waals surface area contributed by atoms with Gasteiger partial charge in [-0.2, -0.15) is 5.10 Å². The summed E-state index contributed by atoms with van der Waals surface area (Å²) in [5.74, 6) is -0.525. The number of likely N-dealkylation sites (tertiary alicyclic amines) is 1. The molecule has 0 bridgehead atoms. The van der Waals surface area contributed by atoms with E-state index in [0.29, 0.717) is 46.8 Å². The van der Waals surface area contributed by atoms with E-state index in [1.807, 2.05) is 13.0 Å². The summed E-state index contributed by atoms with van der Waals surface area (Å²) in [5.41, 5.74) is 8.43. The fraction of sp³-hybridized carbons (Fsp3) is 0.435. The largest absolute Gasteiger partial charge is 0.382 e. The average molecular weight is 468 g/mol. The Balaban J connectivity index is 1.46. The summed E-state index contributed by atoms with van der Waals surface area (Å²) in [6, 6.07) is 2.88. The molecule has 0 radical (unpaired) electrons. The van der Waals surface area contributed by atoms with E-state index < -0.39 is 23.7 Å². The highest BCUT2D eigenvalue weighted by Crippen LogP contribution is 2.31. The first-order valence-corrected chi connectivity index (χ1v) is 11.1. The van der Waals surface area contributed by atoms with Crippen molar-refractivity contribution in [3.8, 4) is 11.3 Å². The minimum Gasteiger partial charge on any atom is -0.382 e. The molecule has 2 atom stereocenters. The number of pyridine rings is 1. The Morgan fingerprint density at radius 2 is 2.03 bits per heavy atom. The fourth-order valence-corrected chi connectivity index (χ4v) is 4.87. The molecule has 0 saturated carbocycles. The van der Waals surface area contributed by atoms with Crippen molar-refractivity contribution >= 4 is 23.1 Å². The molecule has 0 spiro atoms. The lowest BCUT2D eigenvalue weighted by molar-refractivity contribution is -0.147. The minimum absolute atomic E-state index is 0.0386. The Hall–Kier alpha value is -3.60. The number of rotatable bonds is 3. The standard InChI is InChI=1S/C23H26FN7O3/c1-12-6-17(31-19(12)20(25)27-11-28-31)13-7-14-16(26-8-13)4-5-30(21(14)32)18-10-29(9-15(18)24)22(33)23(2,3)34/h6-8,11,15,18,34H,4-5,9-10H2,1-3H3,(H2,25,27,28)/t15-,18+/m0/s1. The van der Waals surface area contributed by atoms with Gasteiger partial charge in [-0.05, 0) is 38.5 Å². The molecular formula is C23H26FN7O3. The summed E-state index contributed by atoms with van der Waals surface area (Å²) in [6.45, 7) is 4.84. The van der Waals surface area contributed by atoms with Crippen molar-refractivity contribution in [2.75, 3.05) is 25.4 Å². The Labute approximate surface area is 195 Å². The van der Waals surface area contributed by atoms with Crippen molar-refractivity contribution in [2.45, 2.75) is 45.0 Å². The van der Waals surface area contributed by atoms with Crippen LogP contribution in [0, 0.1) is 6.92 Å². The van der Waals surface area contributed by atoms with Gasteiger partial charge in [-0.25, -0.2) is 13.9 Å². The predicted octanol–water partition coefficient (Wildman–Crippen LogP) is 1.00. The van der Waals surface area contributed by atoms with Gasteiger partial charge < -0.3 is 20.6 Å². The van der Waals surface area contributed by atoms with E-state index in [1.54, 1.807) is 16.8 Å². The van der Waals surface area contributed by atoms with Crippen LogP contribution >= 0.6 is 0 Å². The quantitative estimate of drug-likeness (QED) is 0.588. The van der Waals surface area contributed by atoms with Crippen molar-refractivity contribution in [1.29, 1.82) is 0 Å². The van der Waals surface area contributed by atoms with Gasteiger partial charge in [0.25, 0.3) is 11.8 Å². The van der Waals surface area contributed by atoms with E-state index in [4.69, 9.17) is 5.73 Å². The Morgan fingerprint density at radius 1 is 1.26 bits per heavy atom. The number of aryl methyl sites for hydroxylation is 1. The number of hydrogen-bond acceptors (Lipinski definition) is 7. The molecule has 10 nitrogen and oxygen atoms in total. The van der Waals surface area contributed by atoms with Crippen LogP contribution in [0.5, 0.6) is 0 Å². The molecule has 3 aromatic heterocycles. The lowest BCUT2D eigenvalue weighted by atomic mass is 9.99. The number of anilines is 1. The lowest BCUT2D eigenvalue weighted by Crippen LogP contribution is -2.50. The minimum atomic E-state index is -1.60. The van der Waals surface area contributed by atoms with E-state index in [2.05, 4.69) is 15.1 Å². The third-order valence-electron chi connectivity index (χ3n) is 6.55. The van der Waals surface area contributed by atoms with Crippen LogP contribution in [0.4, 0.5) is 10.2 Å². The number of hydrogen-bond donors (Lipinski definition) is 2. The average Bonchev–Trinajstić information content (AvgIpc) is 3.33. The molecule has 11 heteroatoms. The number of carbonyl (C=O) groups is 2. The SMILES string of the molecule is Cc1cc(-c2cnc3c(c2)C(=O)N([C@@H]2CN(C(=O)C(C)(C)O)C[C@@H]2F)CC3)n2ncnc(N)c12. The molecule has 1 fully saturated rings. The Morgan fingerprint density at radius 3 is 2.76 bits per heavy atom. The second kappa shape index (κ2) is 7.73. The molecule has 178 valence electrons. The van der Waals surface area contributed by atoms with Crippen LogP contribution in [-0.2, 0) is 11.2 Å². The highest BCUT2D eigenvalue weighted by Gasteiger charge is 2.45. The third-order valence-corrected chi connectivity index (χ3v) is 6.55. The molecule has 34 heavy (non-hydrogen) atoms. The zero-order chi connectivity index (χ0) is 24.4. The number of nitrogen functional groups attached to an aromatic ring is 1. The molecule has 3 aromatic rings. The molecule has 2 aliphatic rings. The van der Waals surface area contributed by atoms with Crippen molar-refractivity contribution in [3.63, 3.8) is 0 Å². The molecule has 0 aromatic carbocycles. The molecule has 0 unspecified atom stereocenters. The van der Waals surface area contributed by atoms with Crippen molar-refractivity contribution in [1.82, 2.24) is 29.4 Å². The number of fused-ring (bicyclic) bond motifs is 2. The Kier molecular flexibility index (Phi) is 5.05. The topological polar surface area (TPSA) is 130 Å². The second-order valence-electron chi connectivity index (χ2n) is 9.44. The molecule has 5 rings (SSSR count). The van der Waals surface area contributed by atoms with Gasteiger partial charge in [-0.15, -0.1) is 0 Å². The summed E-state index contributed by atoms with van der Waals surface area (Å²) in [4.78, 5) is 37.2. The van der Waals surface area contributed by atoms with Crippen molar-refractivity contribution in [3.05, 3.63) is 41.5 Å². The van der Waals surface area contributed by atoms with Crippen LogP contribution in [-0.4, -0.2) is 83.8 Å². The molecule has 2 aliphatic heterocycles. The van der Waals surface area contributed by atoms with Gasteiger partial charge in [-0.1, -0.05) is 0 Å². The van der Waals surface area contributed by atoms with Crippen LogP contribution in [0.2, 0.25) is 0 Å². The maximum atomic E-state index is 15.0. The number of aliphatic hydroxyl groups is 1. The first-order valence-electron chi connectivity index (χ1n) is 11.1. The highest BCUT2D eigenvalue weighted by molar-refractivity contribution is 5.98. The second-order valence-corrected chi connectivity index (χ2v) is 9.44. The van der Waals surface area contributed by atoms with E-state index in [1.165, 1.54) is 30.0 Å². The Bertz CT molecular complexity index is 1320. The number of carbonyl (C=O) groups excluding carboxylic acids is 2. The van der Waals surface area contributed by atoms with Gasteiger partial charge in [0, 0.05) is 31.3 Å². The number of nitrogens with two attached hydrogens (primary N) is 1. The molecule has 2 amide bonds. The normalized spacial score (nSPS) is 20.8. The van der Waals surface area contributed by atoms with Crippen LogP contribution in [0.25, 0.3) is 16.8 Å². The smallest absolute Gasteiger partial charge is 0.256 e. The van der Waals surface area contributed by atoms with Crippen LogP contribution in [0.15, 0.2) is 24.7 Å². The predicted molar refractivity (Wildman–Crippen MR) is 122 cm³/mol. The lowest BCUT2D eigenvalue weighted by Gasteiger charge is -2.34. The van der Waals surface area contributed by atoms with Crippen LogP contribution < -0.4 is 5.73 Å². The summed E-state index contributed by atoms with van der Waals surface area (Å²) < 4.78 is 16.6. The van der Waals surface area contributed by atoms with Gasteiger partial charge in [0.2, 0.25) is 0 Å². The number of nitrogens with zero attached hydrogens (tertiary/aromatic N) is 6. The maximum absolute atomic E-state index is 15.0. The van der Waals surface area contributed by atoms with Crippen LogP contribution in [0.3, 0.4) is 0 Å². The van der Waals surface area contributed by atoms with Gasteiger partial charge in [-0.3, -0.25) is 14.6 Å². The third kappa shape index (κ3) is 3.47. The molecule has 5 heterocycles. The van der Waals surface area contributed by atoms with Crippen molar-refractivity contribution in [2.24, 2.45) is 0 Å². The fourth-order valence-electron chi connectivity index (χ4n) is 4.87. The van der Waals surface area contributed by atoms with E-state index in [9.17, 15) is 19.1 Å². The zero-order valence-electron chi connectivity index (χ0n) is 19.2. The van der Waals surface area contributed by atoms with E-state index in [-0.39, 0.29) is 19.0 Å². The molecule has 3 N–H and O–H groups in total. The maximum Gasteiger partial charge on any atom is 0.256 e. The first-order chi connectivity index (χ1) is 16.1. The first kappa shape index (κ1) is 22.2. The van der Waals surface area contributed by atoms with Gasteiger partial charge in [0.15, 0.2) is 5.82 Å². The molecule has 0 aliphatic carbocycles. The number of alkyl halides is 1. The molecule has 1 saturated heterocycles. The van der Waals surface area contributed by atoms with Gasteiger partial charge in [0.1, 0.15) is 23.6 Å². The van der Waals surface area contributed by atoms with Gasteiger partial charge in [0.05, 0.1) is 29.5 Å². The van der Waals surface area contributed by atoms with E-state index >= 15 is 0 Å². The zero-order valence-corrected chi connectivity index (χ0v) is 19.2. The van der Waals surface area contributed by atoms with Gasteiger partial charge >= 0.3 is 0 Å². The number of amides is 2. The number of aromatic nitrogens is 4. The molecular weight excluding hydrogens is 441 g/mol. The summed E-state index contributed by atoms with van der Waals surface area (Å²) in [6.07, 6.45) is 2.14. The summed E-state index contributed by atoms with van der Waals surface area (Å²) in [7, 11) is 0. The summed E-state index contributed by atoms with van der Waals surface area (Å²) in [5, 5.41) is 14.3. The van der Waals surface area contributed by atoms with E-state index in [0.717, 1.165) is 5.56 Å². The van der Waals surface area contributed by atoms with Crippen LogP contribution in [0.1, 0.15) is 35.5 Å². The monoisotopic (exact) mass is 467 g/mol.